The zero-order valence-electron chi connectivity index (χ0n) is 16.9. The van der Waals surface area contributed by atoms with Crippen molar-refractivity contribution < 1.29 is 19.4 Å². The van der Waals surface area contributed by atoms with Gasteiger partial charge in [-0.05, 0) is 38.7 Å². The van der Waals surface area contributed by atoms with Crippen molar-refractivity contribution in [1.29, 1.82) is 0 Å². The lowest BCUT2D eigenvalue weighted by Crippen LogP contribution is -2.43. The van der Waals surface area contributed by atoms with Gasteiger partial charge < -0.3 is 20.5 Å². The summed E-state index contributed by atoms with van der Waals surface area (Å²) in [5, 5.41) is 24.5. The zero-order chi connectivity index (χ0) is 22.2. The summed E-state index contributed by atoms with van der Waals surface area (Å²) in [6.07, 6.45) is 5.09. The van der Waals surface area contributed by atoms with Crippen LogP contribution in [-0.2, 0) is 4.79 Å². The van der Waals surface area contributed by atoms with E-state index < -0.39 is 23.3 Å². The molecule has 0 aromatic carbocycles. The minimum absolute atomic E-state index is 0.0189. The van der Waals surface area contributed by atoms with Crippen molar-refractivity contribution in [1.82, 2.24) is 19.9 Å². The van der Waals surface area contributed by atoms with Gasteiger partial charge in [-0.25, -0.2) is 19.3 Å². The van der Waals surface area contributed by atoms with Gasteiger partial charge in [0.25, 0.3) is 0 Å². The van der Waals surface area contributed by atoms with Crippen LogP contribution in [0, 0.1) is 5.82 Å². The number of nitrogens with one attached hydrogen (secondary N) is 2. The highest BCUT2D eigenvalue weighted by Crippen LogP contribution is 2.34. The Labute approximate surface area is 182 Å². The van der Waals surface area contributed by atoms with Gasteiger partial charge >= 0.3 is 0 Å². The van der Waals surface area contributed by atoms with Gasteiger partial charge in [0, 0.05) is 35.8 Å². The fraction of sp³-hybridized carbons (Fsp3) is 0.429. The molecule has 0 bridgehead atoms. The van der Waals surface area contributed by atoms with Crippen LogP contribution in [-0.4, -0.2) is 53.7 Å². The van der Waals surface area contributed by atoms with E-state index in [1.807, 2.05) is 0 Å². The first kappa shape index (κ1) is 21.6. The maximum atomic E-state index is 14.5. The number of nitrogens with zero attached hydrogens (tertiary/aromatic N) is 3. The molecular formula is C21H23ClFN5O3. The molecule has 3 aromatic rings. The average molecular weight is 448 g/mol. The second kappa shape index (κ2) is 8.49. The standard InChI is InChI=1S/C21H23ClFN5O3/c1-11(29)17(30)7-21(31)4-2-3-13(6-21)27-20-16(23)10-26-19(28-20)15-9-25-18-14(15)5-12(22)8-24-18/h5,8-11,13,29,31H,2-4,6-7H2,1H3,(H,24,25)(H,26,27,28)/t11?,13-,21+/m1/s1. The van der Waals surface area contributed by atoms with Crippen LogP contribution < -0.4 is 5.32 Å². The molecule has 31 heavy (non-hydrogen) atoms. The molecule has 3 atom stereocenters. The maximum absolute atomic E-state index is 14.5. The first-order valence-electron chi connectivity index (χ1n) is 10.1. The third-order valence-corrected chi connectivity index (χ3v) is 5.82. The number of aliphatic hydroxyl groups is 2. The summed E-state index contributed by atoms with van der Waals surface area (Å²) in [6, 6.07) is 1.45. The molecule has 0 amide bonds. The summed E-state index contributed by atoms with van der Waals surface area (Å²) in [5.74, 6) is -0.709. The lowest BCUT2D eigenvalue weighted by molar-refractivity contribution is -0.132. The number of H-pyrrole nitrogens is 1. The number of halogens is 2. The van der Waals surface area contributed by atoms with Crippen LogP contribution in [0.2, 0.25) is 5.02 Å². The van der Waals surface area contributed by atoms with Gasteiger partial charge in [-0.3, -0.25) is 4.79 Å². The number of carbonyl (C=O) groups is 1. The van der Waals surface area contributed by atoms with Crippen molar-refractivity contribution in [3.8, 4) is 11.4 Å². The molecule has 0 spiro atoms. The average Bonchev–Trinajstić information content (AvgIpc) is 3.12. The Hall–Kier alpha value is -2.62. The van der Waals surface area contributed by atoms with E-state index in [9.17, 15) is 19.4 Å². The minimum atomic E-state index is -1.24. The molecule has 4 N–H and O–H groups in total. The number of ketones is 1. The number of pyridine rings is 1. The zero-order valence-corrected chi connectivity index (χ0v) is 17.7. The van der Waals surface area contributed by atoms with Crippen molar-refractivity contribution in [3.63, 3.8) is 0 Å². The molecule has 164 valence electrons. The predicted molar refractivity (Wildman–Crippen MR) is 114 cm³/mol. The van der Waals surface area contributed by atoms with Gasteiger partial charge in [0.2, 0.25) is 0 Å². The van der Waals surface area contributed by atoms with Crippen LogP contribution in [0.1, 0.15) is 39.0 Å². The maximum Gasteiger partial charge on any atom is 0.183 e. The van der Waals surface area contributed by atoms with Crippen LogP contribution in [0.15, 0.2) is 24.7 Å². The fourth-order valence-corrected chi connectivity index (χ4v) is 4.21. The van der Waals surface area contributed by atoms with Crippen molar-refractivity contribution >= 4 is 34.2 Å². The molecule has 1 saturated carbocycles. The van der Waals surface area contributed by atoms with Gasteiger partial charge in [0.15, 0.2) is 23.2 Å². The quantitative estimate of drug-likeness (QED) is 0.457. The molecule has 0 radical (unpaired) electrons. The van der Waals surface area contributed by atoms with Crippen molar-refractivity contribution in [2.24, 2.45) is 0 Å². The molecule has 0 aliphatic heterocycles. The SMILES string of the molecule is CC(O)C(=O)C[C@]1(O)CCC[C@@H](Nc2nc(-c3c[nH]c4ncc(Cl)cc34)ncc2F)C1. The van der Waals surface area contributed by atoms with Crippen molar-refractivity contribution in [2.75, 3.05) is 5.32 Å². The third-order valence-electron chi connectivity index (χ3n) is 5.61. The van der Waals surface area contributed by atoms with E-state index >= 15 is 0 Å². The summed E-state index contributed by atoms with van der Waals surface area (Å²) < 4.78 is 14.5. The molecule has 1 unspecified atom stereocenters. The Balaban J connectivity index is 1.56. The summed E-state index contributed by atoms with van der Waals surface area (Å²) in [6.45, 7) is 1.38. The molecular weight excluding hydrogens is 425 g/mol. The predicted octanol–water partition coefficient (Wildman–Crippen LogP) is 3.24. The number of anilines is 1. The number of rotatable bonds is 6. The molecule has 1 aliphatic rings. The molecule has 3 aromatic heterocycles. The Morgan fingerprint density at radius 1 is 1.45 bits per heavy atom. The lowest BCUT2D eigenvalue weighted by atomic mass is 9.78. The monoisotopic (exact) mass is 447 g/mol. The normalized spacial score (nSPS) is 22.4. The minimum Gasteiger partial charge on any atom is -0.389 e. The molecule has 1 aliphatic carbocycles. The van der Waals surface area contributed by atoms with Gasteiger partial charge in [-0.1, -0.05) is 11.6 Å². The second-order valence-corrected chi connectivity index (χ2v) is 8.56. The van der Waals surface area contributed by atoms with Crippen LogP contribution in [0.4, 0.5) is 10.2 Å². The smallest absolute Gasteiger partial charge is 0.183 e. The van der Waals surface area contributed by atoms with Crippen LogP contribution in [0.5, 0.6) is 0 Å². The van der Waals surface area contributed by atoms with Crippen LogP contribution in [0.25, 0.3) is 22.4 Å². The summed E-state index contributed by atoms with van der Waals surface area (Å²) in [7, 11) is 0. The third kappa shape index (κ3) is 4.68. The van der Waals surface area contributed by atoms with Gasteiger partial charge in [0.1, 0.15) is 11.8 Å². The second-order valence-electron chi connectivity index (χ2n) is 8.12. The summed E-state index contributed by atoms with van der Waals surface area (Å²) in [4.78, 5) is 27.6. The van der Waals surface area contributed by atoms with Gasteiger partial charge in [0.05, 0.1) is 16.8 Å². The summed E-state index contributed by atoms with van der Waals surface area (Å²) >= 11 is 6.05. The first-order valence-corrected chi connectivity index (χ1v) is 10.5. The van der Waals surface area contributed by atoms with E-state index in [0.717, 1.165) is 6.20 Å². The Morgan fingerprint density at radius 2 is 2.26 bits per heavy atom. The van der Waals surface area contributed by atoms with Crippen molar-refractivity contribution in [2.45, 2.75) is 56.8 Å². The van der Waals surface area contributed by atoms with Gasteiger partial charge in [-0.15, -0.1) is 0 Å². The fourth-order valence-electron chi connectivity index (χ4n) is 4.05. The van der Waals surface area contributed by atoms with Crippen LogP contribution >= 0.6 is 11.6 Å². The molecule has 8 nitrogen and oxygen atoms in total. The number of hydrogen-bond acceptors (Lipinski definition) is 7. The number of Topliss-reactive ketones (excluding diaryl/α,β-unsaturated/α-hetero) is 1. The number of aromatic amines is 1. The van der Waals surface area contributed by atoms with Crippen LogP contribution in [0.3, 0.4) is 0 Å². The number of aliphatic hydroxyl groups excluding tert-OH is 1. The molecule has 10 heteroatoms. The topological polar surface area (TPSA) is 124 Å². The van der Waals surface area contributed by atoms with Crippen molar-refractivity contribution in [3.05, 3.63) is 35.5 Å². The number of aromatic nitrogens is 4. The van der Waals surface area contributed by atoms with E-state index in [1.54, 1.807) is 12.3 Å². The Kier molecular flexibility index (Phi) is 5.92. The molecule has 1 fully saturated rings. The molecule has 0 saturated heterocycles. The van der Waals surface area contributed by atoms with E-state index in [-0.39, 0.29) is 24.7 Å². The molecule has 4 rings (SSSR count). The number of hydrogen-bond donors (Lipinski definition) is 4. The number of carbonyl (C=O) groups excluding carboxylic acids is 1. The highest BCUT2D eigenvalue weighted by Gasteiger charge is 2.37. The van der Waals surface area contributed by atoms with E-state index in [4.69, 9.17) is 11.6 Å². The van der Waals surface area contributed by atoms with E-state index in [2.05, 4.69) is 25.3 Å². The Morgan fingerprint density at radius 3 is 3.03 bits per heavy atom. The first-order chi connectivity index (χ1) is 14.7. The van der Waals surface area contributed by atoms with E-state index in [0.29, 0.717) is 46.7 Å². The van der Waals surface area contributed by atoms with Gasteiger partial charge in [-0.2, -0.15) is 0 Å². The largest absolute Gasteiger partial charge is 0.389 e. The molecule has 3 heterocycles. The lowest BCUT2D eigenvalue weighted by Gasteiger charge is -2.37. The number of fused-ring (bicyclic) bond motifs is 1. The highest BCUT2D eigenvalue weighted by molar-refractivity contribution is 6.31. The Bertz CT molecular complexity index is 1120. The highest BCUT2D eigenvalue weighted by atomic mass is 35.5. The summed E-state index contributed by atoms with van der Waals surface area (Å²) in [5.41, 5.74) is 0.00737. The van der Waals surface area contributed by atoms with E-state index in [1.165, 1.54) is 13.1 Å².